The van der Waals surface area contributed by atoms with Crippen LogP contribution in [0.5, 0.6) is 0 Å². The number of pyridine rings is 1. The van der Waals surface area contributed by atoms with Crippen LogP contribution in [0, 0.1) is 0 Å². The topological polar surface area (TPSA) is 54.3 Å². The fraction of sp³-hybridized carbons (Fsp3) is 0.565. The maximum atomic E-state index is 13.0. The molecule has 0 spiro atoms. The maximum absolute atomic E-state index is 13.0. The molecule has 1 aliphatic carbocycles. The third-order valence-electron chi connectivity index (χ3n) is 6.32. The van der Waals surface area contributed by atoms with Crippen LogP contribution >= 0.6 is 0 Å². The summed E-state index contributed by atoms with van der Waals surface area (Å²) in [6.45, 7) is 4.53. The first-order valence-corrected chi connectivity index (χ1v) is 10.5. The number of hydrogen-bond donors (Lipinski definition) is 1. The summed E-state index contributed by atoms with van der Waals surface area (Å²) in [5.74, 6) is -0.269. The molecule has 0 aliphatic heterocycles. The highest BCUT2D eigenvalue weighted by atomic mass is 16.2. The van der Waals surface area contributed by atoms with Gasteiger partial charge in [-0.3, -0.25) is 9.59 Å². The van der Waals surface area contributed by atoms with Gasteiger partial charge in [-0.25, -0.2) is 0 Å². The van der Waals surface area contributed by atoms with Crippen molar-refractivity contribution in [2.75, 3.05) is 20.6 Å². The van der Waals surface area contributed by atoms with Gasteiger partial charge >= 0.3 is 0 Å². The number of amides is 1. The summed E-state index contributed by atoms with van der Waals surface area (Å²) >= 11 is 0. The fourth-order valence-electron chi connectivity index (χ4n) is 4.60. The molecule has 3 rings (SSSR count). The molecule has 28 heavy (non-hydrogen) atoms. The van der Waals surface area contributed by atoms with Gasteiger partial charge in [0.2, 0.25) is 0 Å². The van der Waals surface area contributed by atoms with Crippen molar-refractivity contribution in [3.8, 4) is 0 Å². The average molecular weight is 384 g/mol. The average Bonchev–Trinajstić information content (AvgIpc) is 2.67. The van der Waals surface area contributed by atoms with Crippen LogP contribution in [0.15, 0.2) is 35.1 Å². The molecule has 1 amide bonds. The Labute approximate surface area is 167 Å². The van der Waals surface area contributed by atoms with Gasteiger partial charge < -0.3 is 14.8 Å². The monoisotopic (exact) mass is 383 g/mol. The Kier molecular flexibility index (Phi) is 6.23. The number of hydrogen-bond acceptors (Lipinski definition) is 3. The molecule has 5 heteroatoms. The number of nitrogens with zero attached hydrogens (tertiary/aromatic N) is 2. The maximum Gasteiger partial charge on any atom is 0.264 e. The Morgan fingerprint density at radius 2 is 1.86 bits per heavy atom. The third-order valence-corrected chi connectivity index (χ3v) is 6.32. The minimum atomic E-state index is -0.269. The number of para-hydroxylation sites is 1. The van der Waals surface area contributed by atoms with E-state index in [1.807, 2.05) is 38.1 Å². The summed E-state index contributed by atoms with van der Waals surface area (Å²) in [5.41, 5.74) is 1.04. The molecular weight excluding hydrogens is 350 g/mol. The summed E-state index contributed by atoms with van der Waals surface area (Å²) in [5, 5.41) is 3.93. The van der Waals surface area contributed by atoms with E-state index in [-0.39, 0.29) is 28.6 Å². The zero-order valence-electron chi connectivity index (χ0n) is 17.6. The van der Waals surface area contributed by atoms with Crippen LogP contribution in [-0.2, 0) is 0 Å². The van der Waals surface area contributed by atoms with Crippen molar-refractivity contribution in [3.63, 3.8) is 0 Å². The number of rotatable bonds is 6. The van der Waals surface area contributed by atoms with E-state index < -0.39 is 0 Å². The van der Waals surface area contributed by atoms with Gasteiger partial charge in [0.1, 0.15) is 5.56 Å². The van der Waals surface area contributed by atoms with E-state index >= 15 is 0 Å². The van der Waals surface area contributed by atoms with Gasteiger partial charge in [0.05, 0.1) is 5.52 Å². The second-order valence-electron chi connectivity index (χ2n) is 8.57. The van der Waals surface area contributed by atoms with Crippen molar-refractivity contribution in [1.29, 1.82) is 0 Å². The fourth-order valence-corrected chi connectivity index (χ4v) is 4.60. The minimum absolute atomic E-state index is 0.00982. The van der Waals surface area contributed by atoms with Crippen LogP contribution in [0.1, 0.15) is 68.8 Å². The Hall–Kier alpha value is -2.14. The lowest BCUT2D eigenvalue weighted by Gasteiger charge is -2.43. The molecule has 1 heterocycles. The van der Waals surface area contributed by atoms with E-state index in [1.54, 1.807) is 10.6 Å². The Morgan fingerprint density at radius 3 is 2.50 bits per heavy atom. The van der Waals surface area contributed by atoms with E-state index in [9.17, 15) is 9.59 Å². The molecule has 1 aliphatic rings. The zero-order valence-corrected chi connectivity index (χ0v) is 17.6. The Morgan fingerprint density at radius 1 is 1.18 bits per heavy atom. The first-order valence-electron chi connectivity index (χ1n) is 10.5. The van der Waals surface area contributed by atoms with Gasteiger partial charge in [-0.2, -0.15) is 0 Å². The standard InChI is InChI=1S/C23H33N3O2/c1-17(2)26-20-11-7-6-10-18(20)16-19(22(26)28)21(27)24-15-14-23(25(3)4)12-8-5-9-13-23/h6-7,10-11,16-17H,5,8-9,12-15H2,1-4H3,(H,24,27). The number of fused-ring (bicyclic) bond motifs is 1. The zero-order chi connectivity index (χ0) is 20.3. The van der Waals surface area contributed by atoms with E-state index in [0.717, 1.165) is 17.3 Å². The molecule has 0 saturated heterocycles. The van der Waals surface area contributed by atoms with Gasteiger partial charge in [0.15, 0.2) is 0 Å². The van der Waals surface area contributed by atoms with E-state index in [4.69, 9.17) is 0 Å². The first-order chi connectivity index (χ1) is 13.4. The molecule has 1 aromatic carbocycles. The molecule has 2 aromatic rings. The van der Waals surface area contributed by atoms with E-state index in [0.29, 0.717) is 6.54 Å². The number of nitrogens with one attached hydrogen (secondary N) is 1. The highest BCUT2D eigenvalue weighted by Gasteiger charge is 2.33. The predicted octanol–water partition coefficient (Wildman–Crippen LogP) is 3.97. The van der Waals surface area contributed by atoms with Crippen molar-refractivity contribution in [3.05, 3.63) is 46.2 Å². The molecule has 1 N–H and O–H groups in total. The minimum Gasteiger partial charge on any atom is -0.352 e. The summed E-state index contributed by atoms with van der Waals surface area (Å²) in [6.07, 6.45) is 7.05. The molecule has 1 fully saturated rings. The van der Waals surface area contributed by atoms with Crippen molar-refractivity contribution in [2.24, 2.45) is 0 Å². The SMILES string of the molecule is CC(C)n1c(=O)c(C(=O)NCCC2(N(C)C)CCCCC2)cc2ccccc21. The lowest BCUT2D eigenvalue weighted by atomic mass is 9.78. The number of carbonyl (C=O) groups is 1. The highest BCUT2D eigenvalue weighted by Crippen LogP contribution is 2.34. The van der Waals surface area contributed by atoms with Crippen LogP contribution in [0.4, 0.5) is 0 Å². The Balaban J connectivity index is 1.80. The van der Waals surface area contributed by atoms with E-state index in [2.05, 4.69) is 24.3 Å². The van der Waals surface area contributed by atoms with Gasteiger partial charge in [-0.05, 0) is 64.7 Å². The first kappa shape index (κ1) is 20.6. The van der Waals surface area contributed by atoms with Crippen LogP contribution < -0.4 is 10.9 Å². The van der Waals surface area contributed by atoms with Crippen molar-refractivity contribution in [1.82, 2.24) is 14.8 Å². The van der Waals surface area contributed by atoms with Crippen molar-refractivity contribution in [2.45, 2.75) is 64.0 Å². The van der Waals surface area contributed by atoms with Crippen LogP contribution in [0.2, 0.25) is 0 Å². The number of aromatic nitrogens is 1. The smallest absolute Gasteiger partial charge is 0.264 e. The van der Waals surface area contributed by atoms with E-state index in [1.165, 1.54) is 32.1 Å². The van der Waals surface area contributed by atoms with Gasteiger partial charge in [0, 0.05) is 18.1 Å². The van der Waals surface area contributed by atoms with Gasteiger partial charge in [-0.15, -0.1) is 0 Å². The lowest BCUT2D eigenvalue weighted by molar-refractivity contribution is 0.0834. The summed E-state index contributed by atoms with van der Waals surface area (Å²) in [7, 11) is 4.27. The predicted molar refractivity (Wildman–Crippen MR) is 115 cm³/mol. The quantitative estimate of drug-likeness (QED) is 0.821. The second kappa shape index (κ2) is 8.48. The molecule has 0 radical (unpaired) electrons. The highest BCUT2D eigenvalue weighted by molar-refractivity contribution is 5.97. The number of benzene rings is 1. The van der Waals surface area contributed by atoms with Gasteiger partial charge in [-0.1, -0.05) is 37.5 Å². The lowest BCUT2D eigenvalue weighted by Crippen LogP contribution is -2.48. The molecule has 1 aromatic heterocycles. The molecule has 0 unspecified atom stereocenters. The number of carbonyl (C=O) groups excluding carboxylic acids is 1. The molecule has 0 bridgehead atoms. The summed E-state index contributed by atoms with van der Waals surface area (Å²) < 4.78 is 1.71. The van der Waals surface area contributed by atoms with Crippen LogP contribution in [0.25, 0.3) is 10.9 Å². The van der Waals surface area contributed by atoms with Crippen molar-refractivity contribution < 1.29 is 4.79 Å². The van der Waals surface area contributed by atoms with Crippen LogP contribution in [0.3, 0.4) is 0 Å². The van der Waals surface area contributed by atoms with Gasteiger partial charge in [0.25, 0.3) is 11.5 Å². The Bertz CT molecular complexity index is 892. The molecular formula is C23H33N3O2. The van der Waals surface area contributed by atoms with Crippen LogP contribution in [-0.4, -0.2) is 41.6 Å². The van der Waals surface area contributed by atoms with Crippen molar-refractivity contribution >= 4 is 16.8 Å². The molecule has 1 saturated carbocycles. The molecule has 152 valence electrons. The summed E-state index contributed by atoms with van der Waals surface area (Å²) in [6, 6.07) is 9.46. The normalized spacial score (nSPS) is 16.6. The molecule has 0 atom stereocenters. The third kappa shape index (κ3) is 4.00. The molecule has 5 nitrogen and oxygen atoms in total. The largest absolute Gasteiger partial charge is 0.352 e. The second-order valence-corrected chi connectivity index (χ2v) is 8.57. The summed E-state index contributed by atoms with van der Waals surface area (Å²) in [4.78, 5) is 28.2.